The first-order chi connectivity index (χ1) is 8.97. The topological polar surface area (TPSA) is 29.9 Å². The molecule has 104 valence electrons. The maximum atomic E-state index is 4.69. The maximum absolute atomic E-state index is 4.69. The first kappa shape index (κ1) is 14.1. The Morgan fingerprint density at radius 3 is 2.63 bits per heavy atom. The third kappa shape index (κ3) is 3.80. The molecule has 3 heteroatoms. The summed E-state index contributed by atoms with van der Waals surface area (Å²) in [6, 6.07) is 8.32. The molecular weight excluding hydrogens is 234 g/mol. The molecule has 0 spiro atoms. The van der Waals surface area contributed by atoms with Gasteiger partial charge in [0.15, 0.2) is 0 Å². The summed E-state index contributed by atoms with van der Waals surface area (Å²) in [6.45, 7) is 8.89. The smallest absolute Gasteiger partial charge is 0.109 e. The average Bonchev–Trinajstić information content (AvgIpc) is 2.65. The third-order valence-electron chi connectivity index (χ3n) is 3.29. The van der Waals surface area contributed by atoms with Crippen LogP contribution in [0.2, 0.25) is 0 Å². The number of hydrogen-bond acceptors (Lipinski definition) is 2. The van der Waals surface area contributed by atoms with Gasteiger partial charge in [0.2, 0.25) is 0 Å². The summed E-state index contributed by atoms with van der Waals surface area (Å²) in [5, 5.41) is 3.51. The zero-order valence-electron chi connectivity index (χ0n) is 12.5. The number of fused-ring (bicyclic) bond motifs is 1. The van der Waals surface area contributed by atoms with Crippen molar-refractivity contribution >= 4 is 11.0 Å². The first-order valence-electron chi connectivity index (χ1n) is 7.08. The number of aryl methyl sites for hydroxylation is 2. The maximum Gasteiger partial charge on any atom is 0.109 e. The molecule has 0 fully saturated rings. The Balaban J connectivity index is 1.87. The summed E-state index contributed by atoms with van der Waals surface area (Å²) >= 11 is 0. The number of rotatable bonds is 5. The van der Waals surface area contributed by atoms with Crippen molar-refractivity contribution < 1.29 is 0 Å². The number of nitrogens with zero attached hydrogens (tertiary/aromatic N) is 2. The second-order valence-electron chi connectivity index (χ2n) is 6.42. The fraction of sp³-hybridized carbons (Fsp3) is 0.562. The van der Waals surface area contributed by atoms with Crippen LogP contribution in [-0.2, 0) is 13.5 Å². The molecule has 1 N–H and O–H groups in total. The fourth-order valence-electron chi connectivity index (χ4n) is 2.25. The standard InChI is InChI=1S/C16H25N3/c1-16(2,3)12-17-11-7-10-15-18-13-8-5-6-9-14(13)19(15)4/h5-6,8-9,17H,7,10-12H2,1-4H3. The molecule has 0 amide bonds. The monoisotopic (exact) mass is 259 g/mol. The van der Waals surface area contributed by atoms with Crippen molar-refractivity contribution in [3.8, 4) is 0 Å². The van der Waals surface area contributed by atoms with Crippen molar-refractivity contribution in [3.63, 3.8) is 0 Å². The summed E-state index contributed by atoms with van der Waals surface area (Å²) in [6.07, 6.45) is 2.16. The summed E-state index contributed by atoms with van der Waals surface area (Å²) in [5.74, 6) is 1.18. The van der Waals surface area contributed by atoms with Crippen LogP contribution in [0.1, 0.15) is 33.0 Å². The molecule has 1 heterocycles. The highest BCUT2D eigenvalue weighted by Crippen LogP contribution is 2.15. The lowest BCUT2D eigenvalue weighted by molar-refractivity contribution is 0.379. The molecule has 3 nitrogen and oxygen atoms in total. The Bertz CT molecular complexity index is 534. The summed E-state index contributed by atoms with van der Waals surface area (Å²) in [5.41, 5.74) is 2.68. The summed E-state index contributed by atoms with van der Waals surface area (Å²) < 4.78 is 2.21. The lowest BCUT2D eigenvalue weighted by Crippen LogP contribution is -2.27. The normalized spacial score (nSPS) is 12.2. The highest BCUT2D eigenvalue weighted by atomic mass is 15.1. The molecular formula is C16H25N3. The lowest BCUT2D eigenvalue weighted by Gasteiger charge is -2.18. The summed E-state index contributed by atoms with van der Waals surface area (Å²) in [7, 11) is 2.10. The van der Waals surface area contributed by atoms with Gasteiger partial charge in [-0.2, -0.15) is 0 Å². The molecule has 0 aliphatic heterocycles. The van der Waals surface area contributed by atoms with Crippen LogP contribution >= 0.6 is 0 Å². The zero-order chi connectivity index (χ0) is 13.9. The van der Waals surface area contributed by atoms with Crippen LogP contribution in [0.5, 0.6) is 0 Å². The molecule has 0 aliphatic rings. The van der Waals surface area contributed by atoms with Crippen molar-refractivity contribution in [2.24, 2.45) is 12.5 Å². The highest BCUT2D eigenvalue weighted by molar-refractivity contribution is 5.75. The van der Waals surface area contributed by atoms with E-state index in [1.165, 1.54) is 11.3 Å². The molecule has 19 heavy (non-hydrogen) atoms. The minimum Gasteiger partial charge on any atom is -0.331 e. The Morgan fingerprint density at radius 2 is 1.95 bits per heavy atom. The van der Waals surface area contributed by atoms with E-state index in [2.05, 4.69) is 55.9 Å². The van der Waals surface area contributed by atoms with Gasteiger partial charge in [0.1, 0.15) is 5.82 Å². The van der Waals surface area contributed by atoms with Crippen LogP contribution in [0.4, 0.5) is 0 Å². The van der Waals surface area contributed by atoms with Gasteiger partial charge in [0.05, 0.1) is 11.0 Å². The molecule has 0 unspecified atom stereocenters. The minimum absolute atomic E-state index is 0.359. The molecule has 1 aromatic carbocycles. The predicted octanol–water partition coefficient (Wildman–Crippen LogP) is 3.14. The van der Waals surface area contributed by atoms with Gasteiger partial charge >= 0.3 is 0 Å². The molecule has 0 aliphatic carbocycles. The Morgan fingerprint density at radius 1 is 1.21 bits per heavy atom. The zero-order valence-corrected chi connectivity index (χ0v) is 12.5. The second kappa shape index (κ2) is 5.74. The van der Waals surface area contributed by atoms with Gasteiger partial charge in [-0.15, -0.1) is 0 Å². The number of benzene rings is 1. The molecule has 0 saturated heterocycles. The molecule has 0 atom stereocenters. The predicted molar refractivity (Wildman–Crippen MR) is 81.4 cm³/mol. The van der Waals surface area contributed by atoms with Crippen LogP contribution in [0.25, 0.3) is 11.0 Å². The van der Waals surface area contributed by atoms with Crippen molar-refractivity contribution in [1.82, 2.24) is 14.9 Å². The van der Waals surface area contributed by atoms with E-state index >= 15 is 0 Å². The molecule has 0 saturated carbocycles. The largest absolute Gasteiger partial charge is 0.331 e. The van der Waals surface area contributed by atoms with Gasteiger partial charge in [-0.1, -0.05) is 32.9 Å². The average molecular weight is 259 g/mol. The summed E-state index contributed by atoms with van der Waals surface area (Å²) in [4.78, 5) is 4.69. The van der Waals surface area contributed by atoms with E-state index in [9.17, 15) is 0 Å². The Kier molecular flexibility index (Phi) is 4.25. The number of imidazole rings is 1. The third-order valence-corrected chi connectivity index (χ3v) is 3.29. The fourth-order valence-corrected chi connectivity index (χ4v) is 2.25. The van der Waals surface area contributed by atoms with Crippen LogP contribution in [0.15, 0.2) is 24.3 Å². The van der Waals surface area contributed by atoms with E-state index < -0.39 is 0 Å². The Hall–Kier alpha value is -1.35. The number of hydrogen-bond donors (Lipinski definition) is 1. The molecule has 2 rings (SSSR count). The van der Waals surface area contributed by atoms with Crippen LogP contribution < -0.4 is 5.32 Å². The van der Waals surface area contributed by atoms with E-state index in [1.54, 1.807) is 0 Å². The number of aromatic nitrogens is 2. The Labute approximate surface area is 116 Å². The van der Waals surface area contributed by atoms with Crippen LogP contribution in [0.3, 0.4) is 0 Å². The first-order valence-corrected chi connectivity index (χ1v) is 7.08. The van der Waals surface area contributed by atoms with Gasteiger partial charge in [0, 0.05) is 13.5 Å². The van der Waals surface area contributed by atoms with Gasteiger partial charge < -0.3 is 9.88 Å². The van der Waals surface area contributed by atoms with Crippen molar-refractivity contribution in [1.29, 1.82) is 0 Å². The van der Waals surface area contributed by atoms with E-state index in [4.69, 9.17) is 4.98 Å². The minimum atomic E-state index is 0.359. The molecule has 0 radical (unpaired) electrons. The van der Waals surface area contributed by atoms with E-state index in [0.29, 0.717) is 5.41 Å². The number of nitrogens with one attached hydrogen (secondary N) is 1. The van der Waals surface area contributed by atoms with Gasteiger partial charge in [-0.3, -0.25) is 0 Å². The molecule has 2 aromatic rings. The van der Waals surface area contributed by atoms with Gasteiger partial charge in [-0.05, 0) is 37.1 Å². The van der Waals surface area contributed by atoms with E-state index in [-0.39, 0.29) is 0 Å². The van der Waals surface area contributed by atoms with E-state index in [0.717, 1.165) is 31.4 Å². The molecule has 0 bridgehead atoms. The molecule has 1 aromatic heterocycles. The van der Waals surface area contributed by atoms with Crippen molar-refractivity contribution in [2.75, 3.05) is 13.1 Å². The van der Waals surface area contributed by atoms with E-state index in [1.807, 2.05) is 6.07 Å². The second-order valence-corrected chi connectivity index (χ2v) is 6.42. The quantitative estimate of drug-likeness (QED) is 0.836. The van der Waals surface area contributed by atoms with Gasteiger partial charge in [0.25, 0.3) is 0 Å². The number of para-hydroxylation sites is 2. The van der Waals surface area contributed by atoms with Crippen molar-refractivity contribution in [2.45, 2.75) is 33.6 Å². The van der Waals surface area contributed by atoms with Gasteiger partial charge in [-0.25, -0.2) is 4.98 Å². The lowest BCUT2D eigenvalue weighted by atomic mass is 9.97. The van der Waals surface area contributed by atoms with Crippen LogP contribution in [0, 0.1) is 5.41 Å². The van der Waals surface area contributed by atoms with Crippen LogP contribution in [-0.4, -0.2) is 22.6 Å². The van der Waals surface area contributed by atoms with Crippen molar-refractivity contribution in [3.05, 3.63) is 30.1 Å². The highest BCUT2D eigenvalue weighted by Gasteiger charge is 2.09. The SMILES string of the molecule is Cn1c(CCCNCC(C)(C)C)nc2ccccc21.